The van der Waals surface area contributed by atoms with Gasteiger partial charge in [-0.2, -0.15) is 9.61 Å². The molecule has 0 saturated carbocycles. The predicted octanol–water partition coefficient (Wildman–Crippen LogP) is 3.99. The number of fused-ring (bicyclic) bond motifs is 2. The SMILES string of the molecule is CC(Oc1ccc2c(c1)OCO2)C(=O)Nc1cccc(-c2ccc3nnc(-c4ccccn4)n3n2)c1. The molecular formula is C26H20N6O4. The molecule has 36 heavy (non-hydrogen) atoms. The van der Waals surface area contributed by atoms with Gasteiger partial charge in [0.05, 0.1) is 5.69 Å². The molecule has 10 heteroatoms. The van der Waals surface area contributed by atoms with Crippen LogP contribution in [0.15, 0.2) is 79.0 Å². The molecule has 0 spiro atoms. The van der Waals surface area contributed by atoms with Crippen LogP contribution < -0.4 is 19.5 Å². The highest BCUT2D eigenvalue weighted by molar-refractivity contribution is 5.94. The largest absolute Gasteiger partial charge is 0.481 e. The first-order chi connectivity index (χ1) is 17.6. The highest BCUT2D eigenvalue weighted by Crippen LogP contribution is 2.35. The number of rotatable bonds is 6. The van der Waals surface area contributed by atoms with Crippen LogP contribution in [0.3, 0.4) is 0 Å². The van der Waals surface area contributed by atoms with Crippen molar-refractivity contribution in [2.45, 2.75) is 13.0 Å². The lowest BCUT2D eigenvalue weighted by molar-refractivity contribution is -0.122. The van der Waals surface area contributed by atoms with Gasteiger partial charge in [-0.3, -0.25) is 9.78 Å². The van der Waals surface area contributed by atoms with Crippen molar-refractivity contribution in [2.24, 2.45) is 0 Å². The van der Waals surface area contributed by atoms with E-state index in [4.69, 9.17) is 19.3 Å². The van der Waals surface area contributed by atoms with E-state index in [-0.39, 0.29) is 12.7 Å². The molecule has 3 aromatic heterocycles. The lowest BCUT2D eigenvalue weighted by atomic mass is 10.1. The van der Waals surface area contributed by atoms with Crippen LogP contribution in [-0.4, -0.2) is 43.6 Å². The zero-order valence-electron chi connectivity index (χ0n) is 19.2. The maximum absolute atomic E-state index is 12.8. The summed E-state index contributed by atoms with van der Waals surface area (Å²) in [4.78, 5) is 17.2. The van der Waals surface area contributed by atoms with Gasteiger partial charge in [-0.15, -0.1) is 10.2 Å². The molecule has 178 valence electrons. The molecule has 0 bridgehead atoms. The van der Waals surface area contributed by atoms with Crippen LogP contribution >= 0.6 is 0 Å². The van der Waals surface area contributed by atoms with Crippen LogP contribution in [0.1, 0.15) is 6.92 Å². The first kappa shape index (κ1) is 21.5. The number of aromatic nitrogens is 5. The third kappa shape index (κ3) is 4.16. The van der Waals surface area contributed by atoms with Crippen LogP contribution in [0.25, 0.3) is 28.4 Å². The fourth-order valence-electron chi connectivity index (χ4n) is 3.81. The maximum atomic E-state index is 12.8. The number of nitrogens with one attached hydrogen (secondary N) is 1. The monoisotopic (exact) mass is 480 g/mol. The van der Waals surface area contributed by atoms with Gasteiger partial charge in [-0.1, -0.05) is 18.2 Å². The standard InChI is InChI=1S/C26H20N6O4/c1-16(36-19-8-10-22-23(14-19)35-15-34-22)26(33)28-18-6-4-5-17(13-18)20-9-11-24-29-30-25(32(24)31-20)21-7-2-3-12-27-21/h2-14,16H,15H2,1H3,(H,28,33). The van der Waals surface area contributed by atoms with Gasteiger partial charge in [0, 0.05) is 23.5 Å². The zero-order valence-corrected chi connectivity index (χ0v) is 19.2. The van der Waals surface area contributed by atoms with Gasteiger partial charge in [0.25, 0.3) is 5.91 Å². The van der Waals surface area contributed by atoms with Crippen LogP contribution in [-0.2, 0) is 4.79 Å². The third-order valence-corrected chi connectivity index (χ3v) is 5.61. The first-order valence-corrected chi connectivity index (χ1v) is 11.3. The molecule has 0 radical (unpaired) electrons. The Kier molecular flexibility index (Phi) is 5.38. The van der Waals surface area contributed by atoms with E-state index < -0.39 is 6.10 Å². The molecule has 0 aliphatic carbocycles. The number of hydrogen-bond acceptors (Lipinski definition) is 8. The number of carbonyl (C=O) groups is 1. The Hall–Kier alpha value is -4.99. The summed E-state index contributed by atoms with van der Waals surface area (Å²) >= 11 is 0. The van der Waals surface area contributed by atoms with Crippen molar-refractivity contribution >= 4 is 17.2 Å². The molecule has 1 atom stereocenters. The molecule has 2 aromatic carbocycles. The van der Waals surface area contributed by atoms with Crippen LogP contribution in [0.5, 0.6) is 17.2 Å². The van der Waals surface area contributed by atoms with E-state index in [1.165, 1.54) is 0 Å². The average Bonchev–Trinajstić information content (AvgIpc) is 3.55. The molecule has 1 aliphatic rings. The smallest absolute Gasteiger partial charge is 0.265 e. The number of anilines is 1. The summed E-state index contributed by atoms with van der Waals surface area (Å²) in [6.45, 7) is 1.86. The van der Waals surface area contributed by atoms with Crippen LogP contribution in [0, 0.1) is 0 Å². The molecule has 0 fully saturated rings. The van der Waals surface area contributed by atoms with E-state index in [0.29, 0.717) is 45.8 Å². The second-order valence-corrected chi connectivity index (χ2v) is 8.07. The number of pyridine rings is 1. The maximum Gasteiger partial charge on any atom is 0.265 e. The Labute approximate surface area is 205 Å². The normalized spacial score (nSPS) is 12.9. The second kappa shape index (κ2) is 8.99. The number of carbonyl (C=O) groups excluding carboxylic acids is 1. The number of benzene rings is 2. The van der Waals surface area contributed by atoms with Gasteiger partial charge in [0.2, 0.25) is 12.6 Å². The van der Waals surface area contributed by atoms with Gasteiger partial charge in [0.1, 0.15) is 11.4 Å². The number of hydrogen-bond donors (Lipinski definition) is 1. The molecule has 4 heterocycles. The predicted molar refractivity (Wildman–Crippen MR) is 131 cm³/mol. The quantitative estimate of drug-likeness (QED) is 0.388. The average molecular weight is 480 g/mol. The van der Waals surface area contributed by atoms with Crippen molar-refractivity contribution < 1.29 is 19.0 Å². The molecule has 1 unspecified atom stereocenters. The van der Waals surface area contributed by atoms with Crippen LogP contribution in [0.4, 0.5) is 5.69 Å². The van der Waals surface area contributed by atoms with E-state index >= 15 is 0 Å². The molecule has 10 nitrogen and oxygen atoms in total. The van der Waals surface area contributed by atoms with Gasteiger partial charge in [0.15, 0.2) is 23.3 Å². The van der Waals surface area contributed by atoms with Crippen molar-refractivity contribution in [3.63, 3.8) is 0 Å². The van der Waals surface area contributed by atoms with E-state index in [1.807, 2.05) is 54.6 Å². The Bertz CT molecular complexity index is 1570. The molecule has 0 saturated heterocycles. The second-order valence-electron chi connectivity index (χ2n) is 8.07. The number of ether oxygens (including phenoxy) is 3. The summed E-state index contributed by atoms with van der Waals surface area (Å²) in [6, 6.07) is 21.9. The van der Waals surface area contributed by atoms with Crippen molar-refractivity contribution in [1.29, 1.82) is 0 Å². The Morgan fingerprint density at radius 1 is 0.972 bits per heavy atom. The molecule has 1 N–H and O–H groups in total. The summed E-state index contributed by atoms with van der Waals surface area (Å²) in [7, 11) is 0. The zero-order chi connectivity index (χ0) is 24.5. The molecule has 6 rings (SSSR count). The highest BCUT2D eigenvalue weighted by Gasteiger charge is 2.19. The Morgan fingerprint density at radius 2 is 1.89 bits per heavy atom. The van der Waals surface area contributed by atoms with E-state index in [1.54, 1.807) is 35.8 Å². The van der Waals surface area contributed by atoms with Crippen molar-refractivity contribution in [1.82, 2.24) is 24.8 Å². The number of amides is 1. The summed E-state index contributed by atoms with van der Waals surface area (Å²) in [5, 5.41) is 16.0. The summed E-state index contributed by atoms with van der Waals surface area (Å²) in [6.07, 6.45) is 0.963. The molecular weight excluding hydrogens is 460 g/mol. The van der Waals surface area contributed by atoms with Gasteiger partial charge < -0.3 is 19.5 Å². The molecule has 1 aliphatic heterocycles. The highest BCUT2D eigenvalue weighted by atomic mass is 16.7. The molecule has 5 aromatic rings. The van der Waals surface area contributed by atoms with Gasteiger partial charge >= 0.3 is 0 Å². The summed E-state index contributed by atoms with van der Waals surface area (Å²) in [5.74, 6) is 2.03. The fraction of sp³-hybridized carbons (Fsp3) is 0.115. The Morgan fingerprint density at radius 3 is 2.78 bits per heavy atom. The van der Waals surface area contributed by atoms with Crippen molar-refractivity contribution in [3.8, 4) is 40.0 Å². The van der Waals surface area contributed by atoms with E-state index in [0.717, 1.165) is 5.56 Å². The van der Waals surface area contributed by atoms with Crippen LogP contribution in [0.2, 0.25) is 0 Å². The van der Waals surface area contributed by atoms with Gasteiger partial charge in [-0.25, -0.2) is 0 Å². The molecule has 1 amide bonds. The van der Waals surface area contributed by atoms with Crippen molar-refractivity contribution in [2.75, 3.05) is 12.1 Å². The third-order valence-electron chi connectivity index (χ3n) is 5.61. The summed E-state index contributed by atoms with van der Waals surface area (Å²) < 4.78 is 18.1. The van der Waals surface area contributed by atoms with E-state index in [2.05, 4.69) is 20.5 Å². The minimum absolute atomic E-state index is 0.175. The number of nitrogens with zero attached hydrogens (tertiary/aromatic N) is 5. The van der Waals surface area contributed by atoms with E-state index in [9.17, 15) is 4.79 Å². The minimum atomic E-state index is -0.735. The first-order valence-electron chi connectivity index (χ1n) is 11.3. The Balaban J connectivity index is 1.20. The minimum Gasteiger partial charge on any atom is -0.481 e. The van der Waals surface area contributed by atoms with Gasteiger partial charge in [-0.05, 0) is 55.5 Å². The topological polar surface area (TPSA) is 113 Å². The lowest BCUT2D eigenvalue weighted by Gasteiger charge is -2.15. The summed E-state index contributed by atoms with van der Waals surface area (Å²) in [5.41, 5.74) is 3.42. The fourth-order valence-corrected chi connectivity index (χ4v) is 3.81. The van der Waals surface area contributed by atoms with Crippen molar-refractivity contribution in [3.05, 3.63) is 79.0 Å². The lowest BCUT2D eigenvalue weighted by Crippen LogP contribution is -2.30.